The molecule has 2 N–H and O–H groups in total. The maximum atomic E-state index is 12.4. The quantitative estimate of drug-likeness (QED) is 0.752. The molecule has 2 heterocycles. The van der Waals surface area contributed by atoms with Crippen LogP contribution < -0.4 is 10.1 Å². The number of methoxy groups -OCH3 is 1. The van der Waals surface area contributed by atoms with E-state index in [-0.39, 0.29) is 18.1 Å². The number of aliphatic hydroxyl groups excluding tert-OH is 1. The second-order valence-corrected chi connectivity index (χ2v) is 6.21. The molecule has 0 radical (unpaired) electrons. The topological polar surface area (TPSA) is 76.4 Å². The van der Waals surface area contributed by atoms with E-state index < -0.39 is 0 Å². The van der Waals surface area contributed by atoms with E-state index in [1.54, 1.807) is 7.11 Å². The maximum Gasteiger partial charge on any atom is 0.229 e. The lowest BCUT2D eigenvalue weighted by atomic mass is 10.0. The summed E-state index contributed by atoms with van der Waals surface area (Å²) in [6.45, 7) is 0.633. The van der Waals surface area contributed by atoms with Crippen LogP contribution in [0.4, 0.5) is 5.69 Å². The SMILES string of the molecule is COc1ccc2c(c1)nc1n2CCC(O)=C1CC(=O)Nc1ccccc1. The summed E-state index contributed by atoms with van der Waals surface area (Å²) >= 11 is 0. The van der Waals surface area contributed by atoms with Gasteiger partial charge in [-0.3, -0.25) is 4.79 Å². The predicted octanol–water partition coefficient (Wildman–Crippen LogP) is 3.75. The third-order valence-electron chi connectivity index (χ3n) is 4.54. The Balaban J connectivity index is 1.65. The number of imidazole rings is 1. The van der Waals surface area contributed by atoms with Crippen LogP contribution >= 0.6 is 0 Å². The van der Waals surface area contributed by atoms with Crippen LogP contribution in [0.25, 0.3) is 16.6 Å². The number of fused-ring (bicyclic) bond motifs is 3. The third-order valence-corrected chi connectivity index (χ3v) is 4.54. The van der Waals surface area contributed by atoms with E-state index in [4.69, 9.17) is 4.74 Å². The lowest BCUT2D eigenvalue weighted by molar-refractivity contribution is -0.115. The van der Waals surface area contributed by atoms with Crippen molar-refractivity contribution in [1.29, 1.82) is 0 Å². The molecule has 1 amide bonds. The summed E-state index contributed by atoms with van der Waals surface area (Å²) < 4.78 is 7.30. The highest BCUT2D eigenvalue weighted by Gasteiger charge is 2.24. The molecule has 2 aromatic carbocycles. The number of nitrogens with one attached hydrogen (secondary N) is 1. The monoisotopic (exact) mass is 349 g/mol. The Morgan fingerprint density at radius 2 is 2.08 bits per heavy atom. The van der Waals surface area contributed by atoms with Crippen molar-refractivity contribution in [2.75, 3.05) is 12.4 Å². The van der Waals surface area contributed by atoms with Gasteiger partial charge in [0.15, 0.2) is 0 Å². The Morgan fingerprint density at radius 3 is 2.85 bits per heavy atom. The fourth-order valence-electron chi connectivity index (χ4n) is 3.26. The highest BCUT2D eigenvalue weighted by atomic mass is 16.5. The molecule has 26 heavy (non-hydrogen) atoms. The summed E-state index contributed by atoms with van der Waals surface area (Å²) in [4.78, 5) is 17.1. The van der Waals surface area contributed by atoms with Gasteiger partial charge in [-0.15, -0.1) is 0 Å². The second-order valence-electron chi connectivity index (χ2n) is 6.21. The minimum atomic E-state index is -0.184. The lowest BCUT2D eigenvalue weighted by Gasteiger charge is -2.19. The highest BCUT2D eigenvalue weighted by Crippen LogP contribution is 2.32. The molecule has 0 bridgehead atoms. The van der Waals surface area contributed by atoms with E-state index in [1.807, 2.05) is 53.1 Å². The van der Waals surface area contributed by atoms with Crippen LogP contribution in [0.1, 0.15) is 18.7 Å². The van der Waals surface area contributed by atoms with Gasteiger partial charge in [-0.05, 0) is 24.3 Å². The van der Waals surface area contributed by atoms with Crippen molar-refractivity contribution in [2.24, 2.45) is 0 Å². The van der Waals surface area contributed by atoms with Gasteiger partial charge >= 0.3 is 0 Å². The van der Waals surface area contributed by atoms with Crippen molar-refractivity contribution in [3.8, 4) is 5.75 Å². The van der Waals surface area contributed by atoms with E-state index >= 15 is 0 Å². The molecule has 6 heteroatoms. The number of aliphatic hydroxyl groups is 1. The van der Waals surface area contributed by atoms with Crippen LogP contribution in [0.5, 0.6) is 5.75 Å². The number of benzene rings is 2. The molecule has 6 nitrogen and oxygen atoms in total. The molecule has 0 fully saturated rings. The Morgan fingerprint density at radius 1 is 1.27 bits per heavy atom. The fourth-order valence-corrected chi connectivity index (χ4v) is 3.26. The summed E-state index contributed by atoms with van der Waals surface area (Å²) in [7, 11) is 1.61. The number of nitrogens with zero attached hydrogens (tertiary/aromatic N) is 2. The van der Waals surface area contributed by atoms with Crippen molar-refractivity contribution >= 4 is 28.2 Å². The van der Waals surface area contributed by atoms with E-state index in [0.717, 1.165) is 22.5 Å². The van der Waals surface area contributed by atoms with Crippen molar-refractivity contribution in [1.82, 2.24) is 9.55 Å². The molecule has 1 aliphatic heterocycles. The maximum absolute atomic E-state index is 12.4. The number of rotatable bonds is 4. The molecule has 1 aromatic heterocycles. The largest absolute Gasteiger partial charge is 0.512 e. The number of aryl methyl sites for hydroxylation is 1. The number of amides is 1. The average molecular weight is 349 g/mol. The molecular formula is C20H19N3O3. The van der Waals surface area contributed by atoms with Gasteiger partial charge in [-0.1, -0.05) is 18.2 Å². The Labute approximate surface area is 150 Å². The molecule has 0 atom stereocenters. The molecule has 0 aliphatic carbocycles. The number of para-hydroxylation sites is 1. The number of anilines is 1. The summed E-state index contributed by atoms with van der Waals surface area (Å²) in [5.74, 6) is 1.41. The van der Waals surface area contributed by atoms with Gasteiger partial charge in [-0.25, -0.2) is 4.98 Å². The molecule has 1 aliphatic rings. The van der Waals surface area contributed by atoms with Crippen molar-refractivity contribution in [3.63, 3.8) is 0 Å². The number of allylic oxidation sites excluding steroid dienone is 1. The first-order chi connectivity index (χ1) is 12.7. The summed E-state index contributed by atoms with van der Waals surface area (Å²) in [6, 6.07) is 15.0. The van der Waals surface area contributed by atoms with Crippen molar-refractivity contribution in [3.05, 3.63) is 60.1 Å². The molecule has 0 saturated carbocycles. The first-order valence-corrected chi connectivity index (χ1v) is 8.46. The minimum absolute atomic E-state index is 0.0706. The molecule has 0 unspecified atom stereocenters. The predicted molar refractivity (Wildman–Crippen MR) is 100 cm³/mol. The number of carbonyl (C=O) groups is 1. The first-order valence-electron chi connectivity index (χ1n) is 8.46. The van der Waals surface area contributed by atoms with E-state index in [9.17, 15) is 9.90 Å². The lowest BCUT2D eigenvalue weighted by Crippen LogP contribution is -2.17. The van der Waals surface area contributed by atoms with Crippen LogP contribution in [0.2, 0.25) is 0 Å². The van der Waals surface area contributed by atoms with E-state index in [2.05, 4.69) is 10.3 Å². The molecular weight excluding hydrogens is 330 g/mol. The summed E-state index contributed by atoms with van der Waals surface area (Å²) in [5.41, 5.74) is 3.05. The van der Waals surface area contributed by atoms with Gasteiger partial charge < -0.3 is 19.7 Å². The normalized spacial score (nSPS) is 13.6. The minimum Gasteiger partial charge on any atom is -0.512 e. The summed E-state index contributed by atoms with van der Waals surface area (Å²) in [5, 5.41) is 13.2. The molecule has 0 spiro atoms. The molecule has 132 valence electrons. The van der Waals surface area contributed by atoms with E-state index in [1.165, 1.54) is 0 Å². The highest BCUT2D eigenvalue weighted by molar-refractivity contribution is 5.98. The number of aromatic nitrogens is 2. The standard InChI is InChI=1S/C20H19N3O3/c1-26-14-7-8-17-16(11-14)22-20-15(18(24)9-10-23(17)20)12-19(25)21-13-5-3-2-4-6-13/h2-8,11,24H,9-10,12H2,1H3,(H,21,25). The van der Waals surface area contributed by atoms with Crippen LogP contribution in [0.15, 0.2) is 54.3 Å². The fraction of sp³-hybridized carbons (Fsp3) is 0.200. The van der Waals surface area contributed by atoms with Gasteiger partial charge in [-0.2, -0.15) is 0 Å². The number of hydrogen-bond acceptors (Lipinski definition) is 4. The Bertz CT molecular complexity index is 1010. The second kappa shape index (κ2) is 6.55. The van der Waals surface area contributed by atoms with Crippen LogP contribution in [-0.2, 0) is 11.3 Å². The van der Waals surface area contributed by atoms with Crippen LogP contribution in [0.3, 0.4) is 0 Å². The van der Waals surface area contributed by atoms with Crippen molar-refractivity contribution < 1.29 is 14.6 Å². The smallest absolute Gasteiger partial charge is 0.229 e. The molecule has 3 aromatic rings. The molecule has 4 rings (SSSR count). The third kappa shape index (κ3) is 2.90. The van der Waals surface area contributed by atoms with E-state index in [0.29, 0.717) is 24.4 Å². The zero-order chi connectivity index (χ0) is 18.1. The number of carbonyl (C=O) groups excluding carboxylic acids is 1. The Kier molecular flexibility index (Phi) is 4.08. The zero-order valence-electron chi connectivity index (χ0n) is 14.4. The molecule has 0 saturated heterocycles. The van der Waals surface area contributed by atoms with Crippen LogP contribution in [0, 0.1) is 0 Å². The average Bonchev–Trinajstić information content (AvgIpc) is 3.02. The van der Waals surface area contributed by atoms with Crippen molar-refractivity contribution in [2.45, 2.75) is 19.4 Å². The van der Waals surface area contributed by atoms with Crippen LogP contribution in [-0.4, -0.2) is 27.7 Å². The summed E-state index contributed by atoms with van der Waals surface area (Å²) in [6.07, 6.45) is 0.555. The van der Waals surface area contributed by atoms with Gasteiger partial charge in [0.25, 0.3) is 0 Å². The van der Waals surface area contributed by atoms with Gasteiger partial charge in [0.05, 0.1) is 24.6 Å². The first kappa shape index (κ1) is 16.2. The van der Waals surface area contributed by atoms with Gasteiger partial charge in [0.1, 0.15) is 17.3 Å². The number of hydrogen-bond donors (Lipinski definition) is 2. The van der Waals surface area contributed by atoms with Gasteiger partial charge in [0.2, 0.25) is 5.91 Å². The zero-order valence-corrected chi connectivity index (χ0v) is 14.4. The number of ether oxygens (including phenoxy) is 1. The Hall–Kier alpha value is -3.28. The van der Waals surface area contributed by atoms with Gasteiger partial charge in [0, 0.05) is 30.3 Å².